The Kier molecular flexibility index (Phi) is 5.60. The Hall–Kier alpha value is -0.410. The van der Waals surface area contributed by atoms with Gasteiger partial charge in [-0.1, -0.05) is 42.8 Å². The molecule has 1 N–H and O–H groups in total. The normalized spacial score (nSPS) is 15.0. The van der Waals surface area contributed by atoms with E-state index >= 15 is 0 Å². The summed E-state index contributed by atoms with van der Waals surface area (Å²) < 4.78 is 14.5. The average molecular weight is 302 g/mol. The van der Waals surface area contributed by atoms with Crippen LogP contribution in [0.25, 0.3) is 0 Å². The largest absolute Gasteiger partial charge is 0.312 e. The fourth-order valence-electron chi connectivity index (χ4n) is 1.90. The van der Waals surface area contributed by atoms with Crippen molar-refractivity contribution in [2.45, 2.75) is 46.2 Å². The van der Waals surface area contributed by atoms with Crippen LogP contribution in [0.2, 0.25) is 0 Å². The van der Waals surface area contributed by atoms with E-state index in [2.05, 4.69) is 48.9 Å². The van der Waals surface area contributed by atoms with Crippen molar-refractivity contribution >= 4 is 15.9 Å². The van der Waals surface area contributed by atoms with E-state index in [0.29, 0.717) is 18.0 Å². The highest BCUT2D eigenvalue weighted by molar-refractivity contribution is 9.10. The predicted molar refractivity (Wildman–Crippen MR) is 74.7 cm³/mol. The second kappa shape index (κ2) is 6.50. The Balaban J connectivity index is 2.64. The standard InChI is InChI=1S/C14H21BrFN/c1-9(2)17-11(4)10(3)7-12-5-6-13(15)8-14(12)16/h5-6,8-11,17H,7H2,1-4H3. The summed E-state index contributed by atoms with van der Waals surface area (Å²) in [6, 6.07) is 6.13. The summed E-state index contributed by atoms with van der Waals surface area (Å²) in [7, 11) is 0. The summed E-state index contributed by atoms with van der Waals surface area (Å²) in [5, 5.41) is 3.46. The van der Waals surface area contributed by atoms with Gasteiger partial charge in [0.25, 0.3) is 0 Å². The van der Waals surface area contributed by atoms with Gasteiger partial charge in [0.1, 0.15) is 5.82 Å². The molecule has 3 heteroatoms. The number of hydrogen-bond acceptors (Lipinski definition) is 1. The zero-order chi connectivity index (χ0) is 13.0. The molecule has 96 valence electrons. The molecule has 0 fully saturated rings. The van der Waals surface area contributed by atoms with Gasteiger partial charge in [-0.2, -0.15) is 0 Å². The first-order valence-corrected chi connectivity index (χ1v) is 6.89. The number of rotatable bonds is 5. The second-order valence-electron chi connectivity index (χ2n) is 5.03. The highest BCUT2D eigenvalue weighted by Gasteiger charge is 2.15. The number of hydrogen-bond donors (Lipinski definition) is 1. The van der Waals surface area contributed by atoms with Crippen molar-refractivity contribution in [2.24, 2.45) is 5.92 Å². The van der Waals surface area contributed by atoms with E-state index in [1.807, 2.05) is 12.1 Å². The summed E-state index contributed by atoms with van der Waals surface area (Å²) in [5.74, 6) is 0.288. The molecule has 1 aromatic carbocycles. The minimum atomic E-state index is -0.122. The van der Waals surface area contributed by atoms with Crippen LogP contribution in [-0.4, -0.2) is 12.1 Å². The average Bonchev–Trinajstić information content (AvgIpc) is 2.21. The lowest BCUT2D eigenvalue weighted by molar-refractivity contribution is 0.368. The molecule has 2 atom stereocenters. The first kappa shape index (κ1) is 14.7. The van der Waals surface area contributed by atoms with Crippen molar-refractivity contribution in [3.63, 3.8) is 0 Å². The van der Waals surface area contributed by atoms with Crippen LogP contribution in [0.1, 0.15) is 33.3 Å². The van der Waals surface area contributed by atoms with Crippen LogP contribution in [0.15, 0.2) is 22.7 Å². The van der Waals surface area contributed by atoms with Gasteiger partial charge in [0.2, 0.25) is 0 Å². The zero-order valence-electron chi connectivity index (χ0n) is 10.9. The highest BCUT2D eigenvalue weighted by Crippen LogP contribution is 2.19. The molecule has 0 aromatic heterocycles. The number of benzene rings is 1. The Bertz CT molecular complexity index is 365. The van der Waals surface area contributed by atoms with E-state index in [4.69, 9.17) is 0 Å². The number of halogens is 2. The fraction of sp³-hybridized carbons (Fsp3) is 0.571. The summed E-state index contributed by atoms with van der Waals surface area (Å²) in [4.78, 5) is 0. The van der Waals surface area contributed by atoms with E-state index in [0.717, 1.165) is 16.5 Å². The highest BCUT2D eigenvalue weighted by atomic mass is 79.9. The van der Waals surface area contributed by atoms with Crippen LogP contribution >= 0.6 is 15.9 Å². The van der Waals surface area contributed by atoms with Gasteiger partial charge < -0.3 is 5.32 Å². The maximum atomic E-state index is 13.7. The summed E-state index contributed by atoms with van der Waals surface area (Å²) >= 11 is 3.27. The van der Waals surface area contributed by atoms with Crippen molar-refractivity contribution in [3.8, 4) is 0 Å². The SMILES string of the molecule is CC(C)NC(C)C(C)Cc1ccc(Br)cc1F. The van der Waals surface area contributed by atoms with Gasteiger partial charge in [-0.15, -0.1) is 0 Å². The lowest BCUT2D eigenvalue weighted by Crippen LogP contribution is -2.37. The van der Waals surface area contributed by atoms with Crippen LogP contribution in [0, 0.1) is 11.7 Å². The van der Waals surface area contributed by atoms with E-state index < -0.39 is 0 Å². The molecule has 0 amide bonds. The molecule has 17 heavy (non-hydrogen) atoms. The molecule has 0 saturated carbocycles. The quantitative estimate of drug-likeness (QED) is 0.861. The molecule has 0 saturated heterocycles. The summed E-state index contributed by atoms with van der Waals surface area (Å²) in [6.07, 6.45) is 0.764. The molecule has 0 aliphatic heterocycles. The molecule has 1 rings (SSSR count). The van der Waals surface area contributed by atoms with E-state index in [-0.39, 0.29) is 5.82 Å². The zero-order valence-corrected chi connectivity index (χ0v) is 12.5. The van der Waals surface area contributed by atoms with Gasteiger partial charge in [0, 0.05) is 16.6 Å². The maximum absolute atomic E-state index is 13.7. The molecule has 0 aliphatic carbocycles. The van der Waals surface area contributed by atoms with Crippen molar-refractivity contribution in [1.29, 1.82) is 0 Å². The lowest BCUT2D eigenvalue weighted by Gasteiger charge is -2.23. The van der Waals surface area contributed by atoms with Crippen molar-refractivity contribution < 1.29 is 4.39 Å². The van der Waals surface area contributed by atoms with E-state index in [9.17, 15) is 4.39 Å². The van der Waals surface area contributed by atoms with Crippen LogP contribution in [0.5, 0.6) is 0 Å². The maximum Gasteiger partial charge on any atom is 0.127 e. The van der Waals surface area contributed by atoms with Crippen LogP contribution in [0.4, 0.5) is 4.39 Å². The van der Waals surface area contributed by atoms with Gasteiger partial charge in [-0.25, -0.2) is 4.39 Å². The molecule has 0 heterocycles. The van der Waals surface area contributed by atoms with Gasteiger partial charge in [0.05, 0.1) is 0 Å². The van der Waals surface area contributed by atoms with Gasteiger partial charge in [-0.3, -0.25) is 0 Å². The summed E-state index contributed by atoms with van der Waals surface area (Å²) in [6.45, 7) is 8.57. The third-order valence-electron chi connectivity index (χ3n) is 3.01. The monoisotopic (exact) mass is 301 g/mol. The van der Waals surface area contributed by atoms with Gasteiger partial charge >= 0.3 is 0 Å². The van der Waals surface area contributed by atoms with E-state index in [1.165, 1.54) is 6.07 Å². The molecule has 0 bridgehead atoms. The topological polar surface area (TPSA) is 12.0 Å². The predicted octanol–water partition coefficient (Wildman–Crippen LogP) is 4.15. The summed E-state index contributed by atoms with van der Waals surface area (Å²) in [5.41, 5.74) is 0.790. The first-order valence-electron chi connectivity index (χ1n) is 6.10. The minimum absolute atomic E-state index is 0.122. The van der Waals surface area contributed by atoms with Gasteiger partial charge in [-0.05, 0) is 37.0 Å². The molecule has 0 radical (unpaired) electrons. The van der Waals surface area contributed by atoms with E-state index in [1.54, 1.807) is 0 Å². The molecule has 2 unspecified atom stereocenters. The lowest BCUT2D eigenvalue weighted by atomic mass is 9.94. The smallest absolute Gasteiger partial charge is 0.127 e. The Morgan fingerprint density at radius 2 is 1.88 bits per heavy atom. The Morgan fingerprint density at radius 3 is 2.41 bits per heavy atom. The molecular formula is C14H21BrFN. The van der Waals surface area contributed by atoms with Crippen molar-refractivity contribution in [2.75, 3.05) is 0 Å². The molecule has 0 aliphatic rings. The van der Waals surface area contributed by atoms with Crippen molar-refractivity contribution in [3.05, 3.63) is 34.1 Å². The first-order chi connectivity index (χ1) is 7.90. The molecule has 1 aromatic rings. The second-order valence-corrected chi connectivity index (χ2v) is 5.94. The Morgan fingerprint density at radius 1 is 1.24 bits per heavy atom. The molecular weight excluding hydrogens is 281 g/mol. The van der Waals surface area contributed by atoms with Crippen molar-refractivity contribution in [1.82, 2.24) is 5.32 Å². The minimum Gasteiger partial charge on any atom is -0.312 e. The third kappa shape index (κ3) is 4.76. The van der Waals surface area contributed by atoms with Crippen LogP contribution in [0.3, 0.4) is 0 Å². The van der Waals surface area contributed by atoms with Crippen LogP contribution in [-0.2, 0) is 6.42 Å². The molecule has 0 spiro atoms. The fourth-order valence-corrected chi connectivity index (χ4v) is 2.23. The third-order valence-corrected chi connectivity index (χ3v) is 3.50. The Labute approximate surface area is 112 Å². The van der Waals surface area contributed by atoms with Gasteiger partial charge in [0.15, 0.2) is 0 Å². The molecule has 1 nitrogen and oxygen atoms in total. The number of nitrogens with one attached hydrogen (secondary N) is 1. The van der Waals surface area contributed by atoms with Crippen LogP contribution < -0.4 is 5.32 Å².